The Balaban J connectivity index is 1.51. The molecule has 1 amide bonds. The summed E-state index contributed by atoms with van der Waals surface area (Å²) in [5.41, 5.74) is 3.18. The molecule has 0 heterocycles. The van der Waals surface area contributed by atoms with Gasteiger partial charge in [0, 0.05) is 16.3 Å². The first-order valence-corrected chi connectivity index (χ1v) is 8.45. The monoisotopic (exact) mass is 364 g/mol. The molecule has 1 N–H and O–H groups in total. The Morgan fingerprint density at radius 1 is 0.962 bits per heavy atom. The van der Waals surface area contributed by atoms with Crippen LogP contribution < -0.4 is 5.32 Å². The highest BCUT2D eigenvalue weighted by Crippen LogP contribution is 2.11. The molecule has 0 atom stereocenters. The van der Waals surface area contributed by atoms with Crippen molar-refractivity contribution in [3.8, 4) is 0 Å². The lowest BCUT2D eigenvalue weighted by molar-refractivity contribution is 0.102. The van der Waals surface area contributed by atoms with E-state index < -0.39 is 0 Å². The zero-order chi connectivity index (χ0) is 18.2. The second kappa shape index (κ2) is 8.83. The van der Waals surface area contributed by atoms with Gasteiger partial charge in [-0.1, -0.05) is 59.2 Å². The van der Waals surface area contributed by atoms with Gasteiger partial charge >= 0.3 is 0 Å². The number of hydrogen-bond donors (Lipinski definition) is 1. The summed E-state index contributed by atoms with van der Waals surface area (Å²) in [7, 11) is 0. The van der Waals surface area contributed by atoms with Gasteiger partial charge in [0.05, 0.1) is 6.21 Å². The lowest BCUT2D eigenvalue weighted by Gasteiger charge is -2.06. The van der Waals surface area contributed by atoms with E-state index in [-0.39, 0.29) is 5.91 Å². The molecule has 3 aromatic rings. The second-order valence-corrected chi connectivity index (χ2v) is 6.01. The van der Waals surface area contributed by atoms with Crippen LogP contribution in [0.25, 0.3) is 0 Å². The number of oxime groups is 1. The molecule has 0 aliphatic rings. The molecule has 0 aliphatic heterocycles. The second-order valence-electron chi connectivity index (χ2n) is 5.58. The standard InChI is InChI=1S/C21H17ClN2O2/c22-19-12-8-16(9-13-19)14-23-26-15-17-6-10-18(11-7-17)21(25)24-20-4-2-1-3-5-20/h1-14H,15H2,(H,24,25)/b23-14-. The average molecular weight is 365 g/mol. The fourth-order valence-corrected chi connectivity index (χ4v) is 2.36. The van der Waals surface area contributed by atoms with Crippen molar-refractivity contribution in [2.45, 2.75) is 6.61 Å². The highest BCUT2D eigenvalue weighted by Gasteiger charge is 2.05. The molecule has 130 valence electrons. The molecule has 0 spiro atoms. The lowest BCUT2D eigenvalue weighted by Crippen LogP contribution is -2.11. The van der Waals surface area contributed by atoms with Crippen molar-refractivity contribution in [1.29, 1.82) is 0 Å². The highest BCUT2D eigenvalue weighted by molar-refractivity contribution is 6.30. The maximum Gasteiger partial charge on any atom is 0.255 e. The van der Waals surface area contributed by atoms with E-state index in [4.69, 9.17) is 16.4 Å². The molecule has 0 aliphatic carbocycles. The van der Waals surface area contributed by atoms with Crippen LogP contribution in [0.5, 0.6) is 0 Å². The van der Waals surface area contributed by atoms with Crippen molar-refractivity contribution in [3.05, 3.63) is 101 Å². The highest BCUT2D eigenvalue weighted by atomic mass is 35.5. The molecule has 0 saturated carbocycles. The Kier molecular flexibility index (Phi) is 6.01. The first kappa shape index (κ1) is 17.7. The van der Waals surface area contributed by atoms with Crippen LogP contribution in [0.2, 0.25) is 5.02 Å². The van der Waals surface area contributed by atoms with Gasteiger partial charge in [0.25, 0.3) is 5.91 Å². The van der Waals surface area contributed by atoms with E-state index in [0.717, 1.165) is 16.8 Å². The molecule has 0 aromatic heterocycles. The maximum absolute atomic E-state index is 12.2. The topological polar surface area (TPSA) is 50.7 Å². The number of nitrogens with one attached hydrogen (secondary N) is 1. The molecule has 3 aromatic carbocycles. The van der Waals surface area contributed by atoms with Crippen LogP contribution in [-0.4, -0.2) is 12.1 Å². The van der Waals surface area contributed by atoms with Crippen molar-refractivity contribution < 1.29 is 9.63 Å². The van der Waals surface area contributed by atoms with E-state index in [9.17, 15) is 4.79 Å². The van der Waals surface area contributed by atoms with Crippen molar-refractivity contribution in [2.24, 2.45) is 5.16 Å². The van der Waals surface area contributed by atoms with Crippen LogP contribution in [-0.2, 0) is 11.4 Å². The van der Waals surface area contributed by atoms with Crippen LogP contribution in [0.15, 0.2) is 84.0 Å². The number of carbonyl (C=O) groups excluding carboxylic acids is 1. The first-order chi connectivity index (χ1) is 12.7. The van der Waals surface area contributed by atoms with Gasteiger partial charge in [0.1, 0.15) is 6.61 Å². The predicted octanol–water partition coefficient (Wildman–Crippen LogP) is 5.14. The zero-order valence-corrected chi connectivity index (χ0v) is 14.7. The average Bonchev–Trinajstić information content (AvgIpc) is 2.68. The van der Waals surface area contributed by atoms with Crippen LogP contribution in [0.4, 0.5) is 5.69 Å². The number of rotatable bonds is 6. The van der Waals surface area contributed by atoms with Gasteiger partial charge in [0.15, 0.2) is 0 Å². The number of nitrogens with zero attached hydrogens (tertiary/aromatic N) is 1. The van der Waals surface area contributed by atoms with Gasteiger partial charge in [0.2, 0.25) is 0 Å². The number of halogens is 1. The molecule has 3 rings (SSSR count). The van der Waals surface area contributed by atoms with E-state index in [0.29, 0.717) is 17.2 Å². The van der Waals surface area contributed by atoms with Gasteiger partial charge < -0.3 is 10.2 Å². The number of amides is 1. The molecule has 5 heteroatoms. The summed E-state index contributed by atoms with van der Waals surface area (Å²) in [5, 5.41) is 7.46. The molecule has 0 unspecified atom stereocenters. The Labute approximate surface area is 157 Å². The van der Waals surface area contributed by atoms with E-state index in [1.165, 1.54) is 0 Å². The SMILES string of the molecule is O=C(Nc1ccccc1)c1ccc(CO/N=C\c2ccc(Cl)cc2)cc1. The number of benzene rings is 3. The minimum atomic E-state index is -0.149. The summed E-state index contributed by atoms with van der Waals surface area (Å²) in [4.78, 5) is 17.5. The summed E-state index contributed by atoms with van der Waals surface area (Å²) in [6.45, 7) is 0.324. The minimum absolute atomic E-state index is 0.149. The number of para-hydroxylation sites is 1. The van der Waals surface area contributed by atoms with Gasteiger partial charge in [-0.3, -0.25) is 4.79 Å². The molecule has 26 heavy (non-hydrogen) atoms. The third-order valence-electron chi connectivity index (χ3n) is 3.63. The van der Waals surface area contributed by atoms with Gasteiger partial charge in [-0.05, 0) is 47.5 Å². The van der Waals surface area contributed by atoms with E-state index in [1.807, 2.05) is 54.6 Å². The molecular weight excluding hydrogens is 348 g/mol. The van der Waals surface area contributed by atoms with E-state index in [1.54, 1.807) is 30.5 Å². The van der Waals surface area contributed by atoms with Crippen molar-refractivity contribution >= 4 is 29.4 Å². The van der Waals surface area contributed by atoms with Gasteiger partial charge in [-0.15, -0.1) is 0 Å². The smallest absolute Gasteiger partial charge is 0.255 e. The van der Waals surface area contributed by atoms with Gasteiger partial charge in [-0.25, -0.2) is 0 Å². The summed E-state index contributed by atoms with van der Waals surface area (Å²) in [6.07, 6.45) is 1.62. The molecule has 4 nitrogen and oxygen atoms in total. The Morgan fingerprint density at radius 2 is 1.65 bits per heavy atom. The third-order valence-corrected chi connectivity index (χ3v) is 3.88. The Morgan fingerprint density at radius 3 is 2.35 bits per heavy atom. The quantitative estimate of drug-likeness (QED) is 0.486. The molecule has 0 radical (unpaired) electrons. The lowest BCUT2D eigenvalue weighted by atomic mass is 10.1. The largest absolute Gasteiger partial charge is 0.391 e. The summed E-state index contributed by atoms with van der Waals surface area (Å²) < 4.78 is 0. The maximum atomic E-state index is 12.2. The van der Waals surface area contributed by atoms with Gasteiger partial charge in [-0.2, -0.15) is 0 Å². The van der Waals surface area contributed by atoms with Crippen LogP contribution in [0, 0.1) is 0 Å². The van der Waals surface area contributed by atoms with Crippen molar-refractivity contribution in [3.63, 3.8) is 0 Å². The fourth-order valence-electron chi connectivity index (χ4n) is 2.24. The summed E-state index contributed by atoms with van der Waals surface area (Å²) >= 11 is 5.83. The summed E-state index contributed by atoms with van der Waals surface area (Å²) in [6, 6.07) is 23.9. The first-order valence-electron chi connectivity index (χ1n) is 8.07. The number of carbonyl (C=O) groups is 1. The normalized spacial score (nSPS) is 10.7. The van der Waals surface area contributed by atoms with Crippen LogP contribution in [0.3, 0.4) is 0 Å². The number of anilines is 1. The van der Waals surface area contributed by atoms with Crippen LogP contribution >= 0.6 is 11.6 Å². The third kappa shape index (κ3) is 5.19. The van der Waals surface area contributed by atoms with Crippen molar-refractivity contribution in [2.75, 3.05) is 5.32 Å². The van der Waals surface area contributed by atoms with Crippen molar-refractivity contribution in [1.82, 2.24) is 0 Å². The Bertz CT molecular complexity index is 876. The molecule has 0 fully saturated rings. The molecule has 0 bridgehead atoms. The zero-order valence-electron chi connectivity index (χ0n) is 13.9. The predicted molar refractivity (Wildman–Crippen MR) is 105 cm³/mol. The number of hydrogen-bond acceptors (Lipinski definition) is 3. The Hall–Kier alpha value is -3.11. The minimum Gasteiger partial charge on any atom is -0.391 e. The molecule has 0 saturated heterocycles. The van der Waals surface area contributed by atoms with E-state index >= 15 is 0 Å². The van der Waals surface area contributed by atoms with Crippen LogP contribution in [0.1, 0.15) is 21.5 Å². The fraction of sp³-hybridized carbons (Fsp3) is 0.0476. The van der Waals surface area contributed by atoms with E-state index in [2.05, 4.69) is 10.5 Å². The summed E-state index contributed by atoms with van der Waals surface area (Å²) in [5.74, 6) is -0.149. The molecular formula is C21H17ClN2O2.